The van der Waals surface area contributed by atoms with Crippen LogP contribution in [0.3, 0.4) is 0 Å². The first kappa shape index (κ1) is 19.0. The lowest BCUT2D eigenvalue weighted by atomic mass is 10.1. The molecule has 0 aliphatic carbocycles. The van der Waals surface area contributed by atoms with Gasteiger partial charge in [-0.1, -0.05) is 0 Å². The summed E-state index contributed by atoms with van der Waals surface area (Å²) in [5.41, 5.74) is 0.165. The molecule has 1 aliphatic heterocycles. The summed E-state index contributed by atoms with van der Waals surface area (Å²) in [6.07, 6.45) is 4.13. The molecule has 0 unspecified atom stereocenters. The number of carbonyl (C=O) groups is 2. The number of aromatic nitrogens is 2. The average molecular weight is 349 g/mol. The van der Waals surface area contributed by atoms with Crippen molar-refractivity contribution in [2.24, 2.45) is 0 Å². The maximum atomic E-state index is 12.3. The molecule has 1 saturated heterocycles. The van der Waals surface area contributed by atoms with Crippen molar-refractivity contribution in [2.45, 2.75) is 52.1 Å². The van der Waals surface area contributed by atoms with Crippen LogP contribution in [-0.2, 0) is 4.74 Å². The molecule has 0 atom stereocenters. The highest BCUT2D eigenvalue weighted by Crippen LogP contribution is 2.13. The zero-order valence-corrected chi connectivity index (χ0v) is 15.3. The van der Waals surface area contributed by atoms with Gasteiger partial charge >= 0.3 is 6.09 Å². The number of amides is 2. The molecule has 1 aromatic rings. The number of hydrogen-bond acceptors (Lipinski definition) is 6. The Morgan fingerprint density at radius 3 is 2.44 bits per heavy atom. The fourth-order valence-electron chi connectivity index (χ4n) is 2.57. The van der Waals surface area contributed by atoms with Crippen LogP contribution in [0.5, 0.6) is 0 Å². The largest absolute Gasteiger partial charge is 0.450 e. The number of anilines is 1. The van der Waals surface area contributed by atoms with Crippen molar-refractivity contribution in [3.63, 3.8) is 0 Å². The number of ether oxygens (including phenoxy) is 1. The molecule has 8 heteroatoms. The normalized spacial score (nSPS) is 15.6. The smallest absolute Gasteiger partial charge is 0.409 e. The highest BCUT2D eigenvalue weighted by molar-refractivity contribution is 5.92. The lowest BCUT2D eigenvalue weighted by Crippen LogP contribution is -2.46. The molecule has 138 valence electrons. The number of piperidine rings is 1. The van der Waals surface area contributed by atoms with Crippen LogP contribution >= 0.6 is 0 Å². The van der Waals surface area contributed by atoms with Crippen LogP contribution in [0.2, 0.25) is 0 Å². The van der Waals surface area contributed by atoms with Crippen LogP contribution in [0.15, 0.2) is 12.4 Å². The number of rotatable bonds is 4. The second-order valence-electron chi connectivity index (χ2n) is 7.10. The molecule has 2 rings (SSSR count). The monoisotopic (exact) mass is 349 g/mol. The summed E-state index contributed by atoms with van der Waals surface area (Å²) in [6.45, 7) is 9.38. The third-order valence-corrected chi connectivity index (χ3v) is 3.74. The SMILES string of the molecule is CCOC(=O)N1CCC(NC(=O)c2cnc(NC(C)(C)C)cn2)CC1. The van der Waals surface area contributed by atoms with Crippen molar-refractivity contribution in [1.82, 2.24) is 20.2 Å². The van der Waals surface area contributed by atoms with Gasteiger partial charge in [-0.15, -0.1) is 0 Å². The Hall–Kier alpha value is -2.38. The molecule has 2 N–H and O–H groups in total. The van der Waals surface area contributed by atoms with E-state index in [0.717, 1.165) is 0 Å². The maximum Gasteiger partial charge on any atom is 0.409 e. The van der Waals surface area contributed by atoms with Gasteiger partial charge < -0.3 is 20.3 Å². The van der Waals surface area contributed by atoms with Gasteiger partial charge in [0.2, 0.25) is 0 Å². The number of nitrogens with one attached hydrogen (secondary N) is 2. The molecule has 1 aliphatic rings. The first-order chi connectivity index (χ1) is 11.8. The van der Waals surface area contributed by atoms with Crippen molar-refractivity contribution in [3.05, 3.63) is 18.1 Å². The van der Waals surface area contributed by atoms with Crippen LogP contribution in [0.25, 0.3) is 0 Å². The van der Waals surface area contributed by atoms with Gasteiger partial charge in [-0.05, 0) is 40.5 Å². The van der Waals surface area contributed by atoms with Gasteiger partial charge in [0.05, 0.1) is 19.0 Å². The summed E-state index contributed by atoms with van der Waals surface area (Å²) in [5.74, 6) is 0.385. The summed E-state index contributed by atoms with van der Waals surface area (Å²) >= 11 is 0. The zero-order valence-electron chi connectivity index (χ0n) is 15.3. The van der Waals surface area contributed by atoms with Crippen LogP contribution in [0, 0.1) is 0 Å². The van der Waals surface area contributed by atoms with Gasteiger partial charge in [0.1, 0.15) is 11.5 Å². The van der Waals surface area contributed by atoms with E-state index < -0.39 is 0 Å². The minimum absolute atomic E-state index is 0.0207. The third-order valence-electron chi connectivity index (χ3n) is 3.74. The Labute approximate surface area is 148 Å². The molecule has 25 heavy (non-hydrogen) atoms. The lowest BCUT2D eigenvalue weighted by molar-refractivity contribution is 0.0856. The van der Waals surface area contributed by atoms with Crippen molar-refractivity contribution >= 4 is 17.8 Å². The van der Waals surface area contributed by atoms with Crippen LogP contribution in [-0.4, -0.2) is 58.1 Å². The summed E-state index contributed by atoms with van der Waals surface area (Å²) in [6, 6.07) is 0.0207. The molecule has 1 fully saturated rings. The van der Waals surface area contributed by atoms with E-state index in [1.54, 1.807) is 18.0 Å². The van der Waals surface area contributed by atoms with E-state index in [-0.39, 0.29) is 29.3 Å². The summed E-state index contributed by atoms with van der Waals surface area (Å²) < 4.78 is 4.99. The van der Waals surface area contributed by atoms with E-state index in [9.17, 15) is 9.59 Å². The Morgan fingerprint density at radius 2 is 1.92 bits per heavy atom. The summed E-state index contributed by atoms with van der Waals surface area (Å²) in [4.78, 5) is 34.0. The quantitative estimate of drug-likeness (QED) is 0.863. The molecular weight excluding hydrogens is 322 g/mol. The van der Waals surface area contributed by atoms with E-state index in [0.29, 0.717) is 38.4 Å². The summed E-state index contributed by atoms with van der Waals surface area (Å²) in [5, 5.41) is 6.15. The number of carbonyl (C=O) groups excluding carboxylic acids is 2. The molecule has 2 heterocycles. The molecule has 0 saturated carbocycles. The highest BCUT2D eigenvalue weighted by atomic mass is 16.6. The Kier molecular flexibility index (Phi) is 6.17. The van der Waals surface area contributed by atoms with Gasteiger partial charge in [0.15, 0.2) is 0 Å². The van der Waals surface area contributed by atoms with Crippen LogP contribution in [0.4, 0.5) is 10.6 Å². The number of likely N-dealkylation sites (tertiary alicyclic amines) is 1. The second kappa shape index (κ2) is 8.13. The van der Waals surface area contributed by atoms with Crippen molar-refractivity contribution < 1.29 is 14.3 Å². The fourth-order valence-corrected chi connectivity index (χ4v) is 2.57. The third kappa shape index (κ3) is 5.88. The van der Waals surface area contributed by atoms with Crippen molar-refractivity contribution in [1.29, 1.82) is 0 Å². The van der Waals surface area contributed by atoms with Crippen LogP contribution in [0.1, 0.15) is 51.0 Å². The molecule has 0 radical (unpaired) electrons. The first-order valence-corrected chi connectivity index (χ1v) is 8.61. The van der Waals surface area contributed by atoms with E-state index >= 15 is 0 Å². The minimum atomic E-state index is -0.292. The van der Waals surface area contributed by atoms with Gasteiger partial charge in [-0.25, -0.2) is 14.8 Å². The predicted molar refractivity (Wildman–Crippen MR) is 94.5 cm³/mol. The molecule has 8 nitrogen and oxygen atoms in total. The molecule has 2 amide bonds. The number of hydrogen-bond donors (Lipinski definition) is 2. The number of nitrogens with zero attached hydrogens (tertiary/aromatic N) is 3. The molecular formula is C17H27N5O3. The molecule has 1 aromatic heterocycles. The molecule has 0 bridgehead atoms. The van der Waals surface area contributed by atoms with Gasteiger partial charge in [-0.3, -0.25) is 4.79 Å². The second-order valence-corrected chi connectivity index (χ2v) is 7.10. The van der Waals surface area contributed by atoms with Crippen LogP contribution < -0.4 is 10.6 Å². The topological polar surface area (TPSA) is 96.5 Å². The lowest BCUT2D eigenvalue weighted by Gasteiger charge is -2.31. The maximum absolute atomic E-state index is 12.3. The van der Waals surface area contributed by atoms with Crippen molar-refractivity contribution in [3.8, 4) is 0 Å². The Bertz CT molecular complexity index is 589. The van der Waals surface area contributed by atoms with Gasteiger partial charge in [0.25, 0.3) is 5.91 Å². The first-order valence-electron chi connectivity index (χ1n) is 8.61. The highest BCUT2D eigenvalue weighted by Gasteiger charge is 2.25. The standard InChI is InChI=1S/C17H27N5O3/c1-5-25-16(24)22-8-6-12(7-9-22)20-15(23)13-10-19-14(11-18-13)21-17(2,3)4/h10-12H,5-9H2,1-4H3,(H,19,21)(H,20,23). The zero-order chi connectivity index (χ0) is 18.4. The molecule has 0 aromatic carbocycles. The van der Waals surface area contributed by atoms with E-state index in [1.165, 1.54) is 6.20 Å². The van der Waals surface area contributed by atoms with Gasteiger partial charge in [0, 0.05) is 24.7 Å². The summed E-state index contributed by atoms with van der Waals surface area (Å²) in [7, 11) is 0. The minimum Gasteiger partial charge on any atom is -0.450 e. The Morgan fingerprint density at radius 1 is 1.24 bits per heavy atom. The van der Waals surface area contributed by atoms with E-state index in [4.69, 9.17) is 4.74 Å². The predicted octanol–water partition coefficient (Wildman–Crippen LogP) is 2.04. The van der Waals surface area contributed by atoms with Crippen molar-refractivity contribution in [2.75, 3.05) is 25.0 Å². The van der Waals surface area contributed by atoms with Gasteiger partial charge in [-0.2, -0.15) is 0 Å². The molecule has 0 spiro atoms. The van der Waals surface area contributed by atoms with E-state index in [1.807, 2.05) is 20.8 Å². The Balaban J connectivity index is 1.83. The average Bonchev–Trinajstić information content (AvgIpc) is 2.55. The fraction of sp³-hybridized carbons (Fsp3) is 0.647. The van der Waals surface area contributed by atoms with E-state index in [2.05, 4.69) is 20.6 Å².